The Morgan fingerprint density at radius 1 is 1.33 bits per heavy atom. The molecule has 0 aliphatic heterocycles. The van der Waals surface area contributed by atoms with E-state index in [4.69, 9.17) is 17.3 Å². The molecule has 0 aliphatic carbocycles. The second kappa shape index (κ2) is 5.16. The lowest BCUT2D eigenvalue weighted by Crippen LogP contribution is -2.53. The summed E-state index contributed by atoms with van der Waals surface area (Å²) in [5, 5.41) is 2.55. The van der Waals surface area contributed by atoms with Crippen LogP contribution in [0, 0.1) is 0 Å². The minimum absolute atomic E-state index is 0.323. The maximum absolute atomic E-state index is 12.2. The number of benzene rings is 1. The van der Waals surface area contributed by atoms with Gasteiger partial charge in [0.05, 0.1) is 6.54 Å². The summed E-state index contributed by atoms with van der Waals surface area (Å²) in [4.78, 5) is 11.4. The number of carbonyl (C=O) groups is 1. The van der Waals surface area contributed by atoms with Gasteiger partial charge in [0.25, 0.3) is 0 Å². The molecule has 18 heavy (non-hydrogen) atoms. The number of alkyl halides is 3. The maximum Gasteiger partial charge on any atom is 0.401 e. The molecule has 1 aromatic rings. The second-order valence-electron chi connectivity index (χ2n) is 3.96. The lowest BCUT2D eigenvalue weighted by molar-refractivity contribution is -0.135. The van der Waals surface area contributed by atoms with E-state index in [1.165, 1.54) is 31.2 Å². The molecule has 0 spiro atoms. The summed E-state index contributed by atoms with van der Waals surface area (Å²) in [6, 6.07) is 5.87. The van der Waals surface area contributed by atoms with Crippen molar-refractivity contribution in [3.8, 4) is 0 Å². The van der Waals surface area contributed by atoms with Crippen LogP contribution in [0.2, 0.25) is 5.02 Å². The first-order valence-corrected chi connectivity index (χ1v) is 5.41. The molecule has 0 saturated carbocycles. The Labute approximate surface area is 107 Å². The van der Waals surface area contributed by atoms with E-state index in [0.717, 1.165) is 0 Å². The van der Waals surface area contributed by atoms with E-state index in [1.54, 1.807) is 0 Å². The molecule has 1 rings (SSSR count). The van der Waals surface area contributed by atoms with Crippen LogP contribution in [-0.4, -0.2) is 18.6 Å². The van der Waals surface area contributed by atoms with Crippen molar-refractivity contribution >= 4 is 17.5 Å². The topological polar surface area (TPSA) is 55.1 Å². The normalized spacial score (nSPS) is 15.2. The first-order valence-electron chi connectivity index (χ1n) is 5.03. The van der Waals surface area contributed by atoms with Gasteiger partial charge in [0.15, 0.2) is 0 Å². The minimum atomic E-state index is -4.43. The zero-order chi connectivity index (χ0) is 14.0. The first-order chi connectivity index (χ1) is 8.15. The summed E-state index contributed by atoms with van der Waals surface area (Å²) in [5.41, 5.74) is 3.89. The Balaban J connectivity index is 3.00. The van der Waals surface area contributed by atoms with Gasteiger partial charge in [-0.3, -0.25) is 10.1 Å². The van der Waals surface area contributed by atoms with Crippen molar-refractivity contribution < 1.29 is 18.0 Å². The van der Waals surface area contributed by atoms with E-state index >= 15 is 0 Å². The monoisotopic (exact) mass is 280 g/mol. The van der Waals surface area contributed by atoms with Gasteiger partial charge in [-0.05, 0) is 24.6 Å². The van der Waals surface area contributed by atoms with Crippen molar-refractivity contribution in [2.75, 3.05) is 6.54 Å². The van der Waals surface area contributed by atoms with Gasteiger partial charge in [-0.25, -0.2) is 0 Å². The van der Waals surface area contributed by atoms with Crippen LogP contribution in [0.1, 0.15) is 12.5 Å². The second-order valence-corrected chi connectivity index (χ2v) is 4.40. The molecule has 1 aromatic carbocycles. The van der Waals surface area contributed by atoms with Crippen LogP contribution < -0.4 is 11.1 Å². The van der Waals surface area contributed by atoms with Gasteiger partial charge in [-0.2, -0.15) is 13.2 Å². The number of hydrogen-bond acceptors (Lipinski definition) is 2. The van der Waals surface area contributed by atoms with Gasteiger partial charge >= 0.3 is 6.18 Å². The SMILES string of the molecule is CC(NCC(F)(F)F)(C(N)=O)c1ccc(Cl)cc1. The van der Waals surface area contributed by atoms with E-state index in [0.29, 0.717) is 10.6 Å². The summed E-state index contributed by atoms with van der Waals surface area (Å²) >= 11 is 5.67. The summed E-state index contributed by atoms with van der Waals surface area (Å²) < 4.78 is 36.6. The zero-order valence-electron chi connectivity index (χ0n) is 9.51. The number of carbonyl (C=O) groups excluding carboxylic acids is 1. The van der Waals surface area contributed by atoms with Crippen molar-refractivity contribution in [2.45, 2.75) is 18.6 Å². The molecule has 0 aromatic heterocycles. The number of primary amides is 1. The van der Waals surface area contributed by atoms with Crippen molar-refractivity contribution in [2.24, 2.45) is 5.73 Å². The predicted octanol–water partition coefficient (Wildman–Crippen LogP) is 2.19. The molecule has 3 N–H and O–H groups in total. The number of rotatable bonds is 4. The molecule has 3 nitrogen and oxygen atoms in total. The van der Waals surface area contributed by atoms with Gasteiger partial charge in [0.2, 0.25) is 5.91 Å². The summed E-state index contributed by atoms with van der Waals surface area (Å²) in [5.74, 6) is -0.894. The van der Waals surface area contributed by atoms with E-state index in [9.17, 15) is 18.0 Å². The Hall–Kier alpha value is -1.27. The van der Waals surface area contributed by atoms with Crippen LogP contribution in [0.5, 0.6) is 0 Å². The fourth-order valence-corrected chi connectivity index (χ4v) is 1.52. The average molecular weight is 281 g/mol. The van der Waals surface area contributed by atoms with Crippen LogP contribution in [0.4, 0.5) is 13.2 Å². The Morgan fingerprint density at radius 2 is 1.83 bits per heavy atom. The van der Waals surface area contributed by atoms with Gasteiger partial charge in [-0.1, -0.05) is 23.7 Å². The van der Waals surface area contributed by atoms with Crippen LogP contribution >= 0.6 is 11.6 Å². The molecule has 1 amide bonds. The molecular weight excluding hydrogens is 269 g/mol. The number of hydrogen-bond donors (Lipinski definition) is 2. The fraction of sp³-hybridized carbons (Fsp3) is 0.364. The highest BCUT2D eigenvalue weighted by atomic mass is 35.5. The molecule has 7 heteroatoms. The van der Waals surface area contributed by atoms with E-state index in [2.05, 4.69) is 5.32 Å². The Morgan fingerprint density at radius 3 is 2.22 bits per heavy atom. The van der Waals surface area contributed by atoms with Gasteiger partial charge in [-0.15, -0.1) is 0 Å². The zero-order valence-corrected chi connectivity index (χ0v) is 10.3. The largest absolute Gasteiger partial charge is 0.401 e. The van der Waals surface area contributed by atoms with E-state index in [1.807, 2.05) is 0 Å². The van der Waals surface area contributed by atoms with Crippen LogP contribution in [-0.2, 0) is 10.3 Å². The van der Waals surface area contributed by atoms with Gasteiger partial charge in [0, 0.05) is 5.02 Å². The van der Waals surface area contributed by atoms with Crippen molar-refractivity contribution in [1.29, 1.82) is 0 Å². The lowest BCUT2D eigenvalue weighted by atomic mass is 9.91. The summed E-state index contributed by atoms with van der Waals surface area (Å²) in [6.45, 7) is -0.0145. The predicted molar refractivity (Wildman–Crippen MR) is 62.1 cm³/mol. The number of nitrogens with one attached hydrogen (secondary N) is 1. The molecule has 1 atom stereocenters. The standard InChI is InChI=1S/C11H12ClF3N2O/c1-10(9(16)18,17-6-11(13,14)15)7-2-4-8(12)5-3-7/h2-5,17H,6H2,1H3,(H2,16,18). The molecular formula is C11H12ClF3N2O. The molecule has 0 bridgehead atoms. The van der Waals surface area contributed by atoms with Crippen LogP contribution in [0.3, 0.4) is 0 Å². The molecule has 0 saturated heterocycles. The highest BCUT2D eigenvalue weighted by Gasteiger charge is 2.37. The summed E-state index contributed by atoms with van der Waals surface area (Å²) in [7, 11) is 0. The molecule has 0 radical (unpaired) electrons. The smallest absolute Gasteiger partial charge is 0.368 e. The number of halogens is 4. The first kappa shape index (κ1) is 14.8. The summed E-state index contributed by atoms with van der Waals surface area (Å²) in [6.07, 6.45) is -4.43. The van der Waals surface area contributed by atoms with E-state index < -0.39 is 24.2 Å². The molecule has 0 heterocycles. The highest BCUT2D eigenvalue weighted by molar-refractivity contribution is 6.30. The van der Waals surface area contributed by atoms with Crippen molar-refractivity contribution in [1.82, 2.24) is 5.32 Å². The maximum atomic E-state index is 12.2. The molecule has 0 aliphatic rings. The third-order valence-corrected chi connectivity index (χ3v) is 2.81. The van der Waals surface area contributed by atoms with Gasteiger partial charge < -0.3 is 5.73 Å². The molecule has 0 fully saturated rings. The third-order valence-electron chi connectivity index (χ3n) is 2.56. The van der Waals surface area contributed by atoms with Gasteiger partial charge in [0.1, 0.15) is 5.54 Å². The fourth-order valence-electron chi connectivity index (χ4n) is 1.39. The number of amides is 1. The highest BCUT2D eigenvalue weighted by Crippen LogP contribution is 2.24. The molecule has 1 unspecified atom stereocenters. The molecule has 100 valence electrons. The van der Waals surface area contributed by atoms with Crippen LogP contribution in [0.25, 0.3) is 0 Å². The van der Waals surface area contributed by atoms with E-state index in [-0.39, 0.29) is 0 Å². The van der Waals surface area contributed by atoms with Crippen molar-refractivity contribution in [3.05, 3.63) is 34.9 Å². The Kier molecular flexibility index (Phi) is 4.24. The number of nitrogens with two attached hydrogens (primary N) is 1. The minimum Gasteiger partial charge on any atom is -0.368 e. The average Bonchev–Trinajstić information content (AvgIpc) is 2.25. The third kappa shape index (κ3) is 3.61. The lowest BCUT2D eigenvalue weighted by Gasteiger charge is -2.28. The Bertz CT molecular complexity index is 433. The van der Waals surface area contributed by atoms with Crippen LogP contribution in [0.15, 0.2) is 24.3 Å². The van der Waals surface area contributed by atoms with Crippen molar-refractivity contribution in [3.63, 3.8) is 0 Å². The quantitative estimate of drug-likeness (QED) is 0.888.